The molecule has 8 heteroatoms. The van der Waals surface area contributed by atoms with Crippen molar-refractivity contribution in [1.29, 1.82) is 0 Å². The molecule has 0 heterocycles. The Morgan fingerprint density at radius 3 is 1.55 bits per heavy atom. The van der Waals surface area contributed by atoms with Crippen LogP contribution >= 0.6 is 0 Å². The minimum Gasteiger partial charge on any atom is -0.486 e. The van der Waals surface area contributed by atoms with Gasteiger partial charge in [-0.2, -0.15) is 0 Å². The first-order valence-corrected chi connectivity index (χ1v) is 8.10. The number of aromatic carboxylic acids is 2. The van der Waals surface area contributed by atoms with E-state index in [0.29, 0.717) is 11.5 Å². The van der Waals surface area contributed by atoms with Crippen LogP contribution in [0.25, 0.3) is 0 Å². The maximum absolute atomic E-state index is 10.6. The molecule has 2 N–H and O–H groups in total. The highest BCUT2D eigenvalue weighted by molar-refractivity contribution is 5.88. The Balaban J connectivity index is -0.000000461. The number of carbonyl (C=O) groups excluding carboxylic acids is 2. The summed E-state index contributed by atoms with van der Waals surface area (Å²) in [7, 11) is 0. The minimum atomic E-state index is -1.02. The van der Waals surface area contributed by atoms with E-state index in [1.807, 2.05) is 0 Å². The normalized spacial score (nSPS) is 8.58. The molecule has 172 valence electrons. The summed E-state index contributed by atoms with van der Waals surface area (Å²) in [5.74, 6) is -1.30. The van der Waals surface area contributed by atoms with Crippen LogP contribution in [0.4, 0.5) is 0 Å². The maximum Gasteiger partial charge on any atom is 0.335 e. The van der Waals surface area contributed by atoms with Crippen molar-refractivity contribution in [3.63, 3.8) is 0 Å². The molecule has 0 radical (unpaired) electrons. The van der Waals surface area contributed by atoms with E-state index in [9.17, 15) is 19.2 Å². The summed E-state index contributed by atoms with van der Waals surface area (Å²) in [6.07, 6.45) is 0. The van der Waals surface area contributed by atoms with Gasteiger partial charge in [-0.15, -0.1) is 0 Å². The molecule has 2 aromatic rings. The smallest absolute Gasteiger partial charge is 0.335 e. The molecule has 0 aliphatic heterocycles. The van der Waals surface area contributed by atoms with E-state index >= 15 is 0 Å². The molecule has 2 aromatic carbocycles. The molecule has 0 aromatic heterocycles. The van der Waals surface area contributed by atoms with Crippen LogP contribution in [0.5, 0.6) is 11.5 Å². The van der Waals surface area contributed by atoms with E-state index in [2.05, 4.69) is 0 Å². The second-order valence-electron chi connectivity index (χ2n) is 5.64. The maximum atomic E-state index is 10.6. The number of hydrogen-bond donors (Lipinski definition) is 2. The average molecular weight is 437 g/mol. The molecular formula is C23H32O8. The molecule has 0 spiro atoms. The lowest BCUT2D eigenvalue weighted by Crippen LogP contribution is -2.07. The van der Waals surface area contributed by atoms with Gasteiger partial charge in [0.05, 0.1) is 11.1 Å². The molecule has 31 heavy (non-hydrogen) atoms. The Morgan fingerprint density at radius 1 is 0.677 bits per heavy atom. The Hall–Kier alpha value is -3.68. The lowest BCUT2D eigenvalue weighted by Gasteiger charge is -2.03. The predicted molar refractivity (Wildman–Crippen MR) is 119 cm³/mol. The number of Topliss-reactive ketones (excluding diaryl/α,β-unsaturated/α-hetero) is 2. The number of hydrogen-bond acceptors (Lipinski definition) is 6. The van der Waals surface area contributed by atoms with E-state index in [4.69, 9.17) is 19.7 Å². The molecule has 0 amide bonds. The molecule has 0 aliphatic carbocycles. The topological polar surface area (TPSA) is 127 Å². The minimum absolute atomic E-state index is 0. The van der Waals surface area contributed by atoms with Crippen molar-refractivity contribution in [1.82, 2.24) is 0 Å². The summed E-state index contributed by atoms with van der Waals surface area (Å²) in [5, 5.41) is 17.3. The first kappa shape index (κ1) is 32.0. The van der Waals surface area contributed by atoms with Crippen molar-refractivity contribution >= 4 is 23.5 Å². The fourth-order valence-corrected chi connectivity index (χ4v) is 1.78. The van der Waals surface area contributed by atoms with Gasteiger partial charge >= 0.3 is 11.9 Å². The molecule has 0 aliphatic rings. The van der Waals surface area contributed by atoms with E-state index in [-0.39, 0.29) is 58.2 Å². The van der Waals surface area contributed by atoms with E-state index in [1.165, 1.54) is 50.2 Å². The van der Waals surface area contributed by atoms with Gasteiger partial charge in [-0.3, -0.25) is 9.59 Å². The Bertz CT molecular complexity index is 841. The number of ketones is 2. The summed E-state index contributed by atoms with van der Waals surface area (Å²) < 4.78 is 10.1. The fourth-order valence-electron chi connectivity index (χ4n) is 1.78. The predicted octanol–water partition coefficient (Wildman–Crippen LogP) is 4.61. The van der Waals surface area contributed by atoms with Crippen molar-refractivity contribution in [2.75, 3.05) is 13.2 Å². The Labute approximate surface area is 183 Å². The third kappa shape index (κ3) is 13.2. The molecular weight excluding hydrogens is 404 g/mol. The zero-order chi connectivity index (χ0) is 21.1. The lowest BCUT2D eigenvalue weighted by molar-refractivity contribution is -0.119. The van der Waals surface area contributed by atoms with Gasteiger partial charge in [0.2, 0.25) is 0 Å². The van der Waals surface area contributed by atoms with Gasteiger partial charge in [0, 0.05) is 0 Å². The largest absolute Gasteiger partial charge is 0.486 e. The van der Waals surface area contributed by atoms with Crippen molar-refractivity contribution in [3.05, 3.63) is 59.7 Å². The van der Waals surface area contributed by atoms with Gasteiger partial charge in [-0.25, -0.2) is 9.59 Å². The number of carbonyl (C=O) groups is 4. The zero-order valence-electron chi connectivity index (χ0n) is 15.4. The molecule has 0 saturated heterocycles. The van der Waals surface area contributed by atoms with Crippen LogP contribution in [-0.4, -0.2) is 46.9 Å². The summed E-state index contributed by atoms with van der Waals surface area (Å²) in [4.78, 5) is 42.2. The van der Waals surface area contributed by atoms with E-state index in [1.54, 1.807) is 12.1 Å². The van der Waals surface area contributed by atoms with Crippen molar-refractivity contribution in [3.8, 4) is 11.5 Å². The highest BCUT2D eigenvalue weighted by Crippen LogP contribution is 2.13. The van der Waals surface area contributed by atoms with Crippen molar-refractivity contribution < 1.29 is 38.9 Å². The monoisotopic (exact) mass is 436 g/mol. The van der Waals surface area contributed by atoms with Crippen LogP contribution in [-0.2, 0) is 9.59 Å². The zero-order valence-corrected chi connectivity index (χ0v) is 15.4. The van der Waals surface area contributed by atoms with Crippen LogP contribution in [0.15, 0.2) is 48.5 Å². The highest BCUT2D eigenvalue weighted by atomic mass is 16.5. The average Bonchev–Trinajstić information content (AvgIpc) is 2.65. The molecule has 0 bridgehead atoms. The summed E-state index contributed by atoms with van der Waals surface area (Å²) in [5.41, 5.74) is 0.339. The van der Waals surface area contributed by atoms with Gasteiger partial charge in [-0.1, -0.05) is 28.3 Å². The Kier molecular flexibility index (Phi) is 16.7. The first-order valence-electron chi connectivity index (χ1n) is 8.10. The summed E-state index contributed by atoms with van der Waals surface area (Å²) in [6.45, 7) is 2.79. The van der Waals surface area contributed by atoms with Crippen molar-refractivity contribution in [2.24, 2.45) is 0 Å². The standard InChI is InChI=1S/2C10H10O4.3CH4/c1-7(11)6-14-9-4-2-8(3-5-9)10(12)13;1-7(11)6-14-9-4-2-3-8(5-9)10(12)13;;;/h2*2-5H,6H2,1H3,(H,12,13);3*1H4. The second-order valence-corrected chi connectivity index (χ2v) is 5.64. The lowest BCUT2D eigenvalue weighted by atomic mass is 10.2. The summed E-state index contributed by atoms with van der Waals surface area (Å²) in [6, 6.07) is 11.9. The summed E-state index contributed by atoms with van der Waals surface area (Å²) >= 11 is 0. The van der Waals surface area contributed by atoms with Gasteiger partial charge in [-0.05, 0) is 56.3 Å². The third-order valence-corrected chi connectivity index (χ3v) is 3.07. The number of ether oxygens (including phenoxy) is 2. The molecule has 0 fully saturated rings. The molecule has 8 nitrogen and oxygen atoms in total. The highest BCUT2D eigenvalue weighted by Gasteiger charge is 2.04. The fraction of sp³-hybridized carbons (Fsp3) is 0.304. The van der Waals surface area contributed by atoms with Crippen LogP contribution in [0, 0.1) is 0 Å². The molecule has 0 saturated carbocycles. The van der Waals surface area contributed by atoms with Gasteiger partial charge in [0.15, 0.2) is 11.6 Å². The van der Waals surface area contributed by atoms with Gasteiger partial charge in [0.25, 0.3) is 0 Å². The number of carboxylic acids is 2. The van der Waals surface area contributed by atoms with Crippen LogP contribution < -0.4 is 9.47 Å². The number of rotatable bonds is 8. The quantitative estimate of drug-likeness (QED) is 0.614. The first-order chi connectivity index (χ1) is 13.2. The Morgan fingerprint density at radius 2 is 1.13 bits per heavy atom. The van der Waals surface area contributed by atoms with E-state index < -0.39 is 11.9 Å². The molecule has 2 rings (SSSR count). The second kappa shape index (κ2) is 16.2. The number of carboxylic acid groups (broad SMARTS) is 2. The van der Waals surface area contributed by atoms with Crippen LogP contribution in [0.2, 0.25) is 0 Å². The molecule has 0 atom stereocenters. The number of benzene rings is 2. The third-order valence-electron chi connectivity index (χ3n) is 3.07. The van der Waals surface area contributed by atoms with Crippen molar-refractivity contribution in [2.45, 2.75) is 36.1 Å². The SMILES string of the molecule is C.C.C.CC(=O)COc1ccc(C(=O)O)cc1.CC(=O)COc1cccc(C(=O)O)c1. The van der Waals surface area contributed by atoms with Gasteiger partial charge < -0.3 is 19.7 Å². The van der Waals surface area contributed by atoms with Crippen LogP contribution in [0.1, 0.15) is 56.8 Å². The molecule has 0 unspecified atom stereocenters. The van der Waals surface area contributed by atoms with Crippen LogP contribution in [0.3, 0.4) is 0 Å². The van der Waals surface area contributed by atoms with E-state index in [0.717, 1.165) is 0 Å². The van der Waals surface area contributed by atoms with Gasteiger partial charge in [0.1, 0.15) is 24.7 Å².